The lowest BCUT2D eigenvalue weighted by atomic mass is 9.79. The van der Waals surface area contributed by atoms with Crippen LogP contribution in [0, 0.1) is 10.8 Å². The molecule has 0 saturated heterocycles. The Balaban J connectivity index is 2.75. The Hall–Kier alpha value is -1.68. The molecule has 0 spiro atoms. The molecule has 2 unspecified atom stereocenters. The van der Waals surface area contributed by atoms with Crippen molar-refractivity contribution in [1.82, 2.24) is 0 Å². The van der Waals surface area contributed by atoms with Crippen LogP contribution >= 0.6 is 0 Å². The van der Waals surface area contributed by atoms with Crippen LogP contribution in [0.5, 0.6) is 0 Å². The Morgan fingerprint density at radius 2 is 2.00 bits per heavy atom. The Morgan fingerprint density at radius 3 is 2.47 bits per heavy atom. The number of carbonyl (C=O) groups excluding carboxylic acids is 1. The number of methoxy groups -OCH3 is 1. The molecule has 0 heterocycles. The maximum Gasteiger partial charge on any atom is 0.314 e. The summed E-state index contributed by atoms with van der Waals surface area (Å²) in [7, 11) is 1.30. The van der Waals surface area contributed by atoms with Crippen LogP contribution in [0.4, 0.5) is 0 Å². The molecular formula is C15H21NO3. The third kappa shape index (κ3) is 3.89. The zero-order valence-corrected chi connectivity index (χ0v) is 11.6. The predicted molar refractivity (Wildman–Crippen MR) is 74.3 cm³/mol. The smallest absolute Gasteiger partial charge is 0.314 e. The number of benzene rings is 1. The number of hydrogen-bond donors (Lipinski definition) is 2. The van der Waals surface area contributed by atoms with E-state index < -0.39 is 17.5 Å². The minimum absolute atomic E-state index is 0.187. The third-order valence-corrected chi connectivity index (χ3v) is 3.41. The van der Waals surface area contributed by atoms with Gasteiger partial charge < -0.3 is 15.3 Å². The molecule has 0 radical (unpaired) electrons. The topological polar surface area (TPSA) is 70.4 Å². The minimum atomic E-state index is -1.07. The van der Waals surface area contributed by atoms with Gasteiger partial charge in [-0.15, -0.1) is 0 Å². The summed E-state index contributed by atoms with van der Waals surface area (Å²) in [6.07, 6.45) is -0.206. The first-order chi connectivity index (χ1) is 8.90. The van der Waals surface area contributed by atoms with Crippen molar-refractivity contribution >= 4 is 11.7 Å². The van der Waals surface area contributed by atoms with Crippen molar-refractivity contribution in [2.75, 3.05) is 7.11 Å². The first kappa shape index (κ1) is 15.4. The van der Waals surface area contributed by atoms with Crippen molar-refractivity contribution < 1.29 is 14.6 Å². The summed E-state index contributed by atoms with van der Waals surface area (Å²) in [6.45, 7) is 3.18. The Kier molecular flexibility index (Phi) is 5.24. The molecule has 0 aliphatic rings. The van der Waals surface area contributed by atoms with Gasteiger partial charge in [-0.2, -0.15) is 0 Å². The van der Waals surface area contributed by atoms with E-state index in [1.165, 1.54) is 7.11 Å². The summed E-state index contributed by atoms with van der Waals surface area (Å²) in [5, 5.41) is 17.8. The van der Waals surface area contributed by atoms with Crippen molar-refractivity contribution in [2.24, 2.45) is 5.41 Å². The van der Waals surface area contributed by atoms with Crippen LogP contribution in [0.2, 0.25) is 0 Å². The molecule has 4 heteroatoms. The van der Waals surface area contributed by atoms with E-state index in [1.807, 2.05) is 30.3 Å². The molecule has 0 aliphatic heterocycles. The lowest BCUT2D eigenvalue weighted by Crippen LogP contribution is -2.41. The molecule has 104 valence electrons. The Labute approximate surface area is 113 Å². The lowest BCUT2D eigenvalue weighted by Gasteiger charge is -2.29. The summed E-state index contributed by atoms with van der Waals surface area (Å²) in [5.74, 6) is -0.486. The monoisotopic (exact) mass is 263 g/mol. The number of rotatable bonds is 6. The van der Waals surface area contributed by atoms with E-state index >= 15 is 0 Å². The van der Waals surface area contributed by atoms with Gasteiger partial charge in [0.25, 0.3) is 0 Å². The van der Waals surface area contributed by atoms with E-state index in [0.29, 0.717) is 12.1 Å². The van der Waals surface area contributed by atoms with Gasteiger partial charge in [0.2, 0.25) is 0 Å². The standard InChI is InChI=1S/C15H21NO3/c1-11(17)15(2,14(18)19-3)10-13(16)9-12-7-5-4-6-8-12/h4-8,11,16-17H,9-10H2,1-3H3. The zero-order chi connectivity index (χ0) is 14.5. The summed E-state index contributed by atoms with van der Waals surface area (Å²) < 4.78 is 4.73. The van der Waals surface area contributed by atoms with Gasteiger partial charge in [0.05, 0.1) is 18.6 Å². The van der Waals surface area contributed by atoms with E-state index in [2.05, 4.69) is 0 Å². The van der Waals surface area contributed by atoms with Crippen LogP contribution in [-0.2, 0) is 16.0 Å². The van der Waals surface area contributed by atoms with Crippen molar-refractivity contribution in [3.63, 3.8) is 0 Å². The van der Waals surface area contributed by atoms with Gasteiger partial charge in [-0.1, -0.05) is 30.3 Å². The van der Waals surface area contributed by atoms with Crippen LogP contribution in [0.25, 0.3) is 0 Å². The first-order valence-electron chi connectivity index (χ1n) is 6.27. The molecule has 2 atom stereocenters. The third-order valence-electron chi connectivity index (χ3n) is 3.41. The molecule has 0 bridgehead atoms. The second-order valence-electron chi connectivity index (χ2n) is 5.03. The fourth-order valence-corrected chi connectivity index (χ4v) is 1.97. The van der Waals surface area contributed by atoms with Crippen LogP contribution in [0.1, 0.15) is 25.8 Å². The van der Waals surface area contributed by atoms with Crippen molar-refractivity contribution in [2.45, 2.75) is 32.8 Å². The Bertz CT molecular complexity index is 442. The number of aliphatic hydroxyl groups is 1. The molecule has 0 aromatic heterocycles. The fourth-order valence-electron chi connectivity index (χ4n) is 1.97. The molecule has 2 N–H and O–H groups in total. The molecule has 19 heavy (non-hydrogen) atoms. The van der Waals surface area contributed by atoms with Gasteiger partial charge in [0.15, 0.2) is 0 Å². The highest BCUT2D eigenvalue weighted by Crippen LogP contribution is 2.29. The molecule has 0 amide bonds. The molecule has 4 nitrogen and oxygen atoms in total. The minimum Gasteiger partial charge on any atom is -0.469 e. The molecule has 1 aromatic rings. The largest absolute Gasteiger partial charge is 0.469 e. The normalized spacial score (nSPS) is 15.4. The van der Waals surface area contributed by atoms with E-state index in [4.69, 9.17) is 10.1 Å². The van der Waals surface area contributed by atoms with E-state index in [1.54, 1.807) is 13.8 Å². The van der Waals surface area contributed by atoms with Gasteiger partial charge in [-0.25, -0.2) is 0 Å². The molecule has 0 saturated carbocycles. The second-order valence-corrected chi connectivity index (χ2v) is 5.03. The average molecular weight is 263 g/mol. The number of carbonyl (C=O) groups is 1. The highest BCUT2D eigenvalue weighted by molar-refractivity contribution is 5.90. The van der Waals surface area contributed by atoms with Gasteiger partial charge in [-0.3, -0.25) is 4.79 Å². The predicted octanol–water partition coefficient (Wildman–Crippen LogP) is 2.20. The van der Waals surface area contributed by atoms with Crippen LogP contribution in [-0.4, -0.2) is 30.0 Å². The van der Waals surface area contributed by atoms with Crippen LogP contribution in [0.15, 0.2) is 30.3 Å². The van der Waals surface area contributed by atoms with Gasteiger partial charge in [0, 0.05) is 18.6 Å². The number of nitrogens with one attached hydrogen (secondary N) is 1. The SMILES string of the molecule is COC(=O)C(C)(CC(=N)Cc1ccccc1)C(C)O. The maximum absolute atomic E-state index is 11.8. The molecule has 1 aromatic carbocycles. The maximum atomic E-state index is 11.8. The van der Waals surface area contributed by atoms with Crippen LogP contribution in [0.3, 0.4) is 0 Å². The van der Waals surface area contributed by atoms with E-state index in [9.17, 15) is 9.90 Å². The van der Waals surface area contributed by atoms with E-state index in [-0.39, 0.29) is 6.42 Å². The number of esters is 1. The van der Waals surface area contributed by atoms with Crippen molar-refractivity contribution in [3.8, 4) is 0 Å². The number of ether oxygens (including phenoxy) is 1. The molecule has 1 rings (SSSR count). The fraction of sp³-hybridized carbons (Fsp3) is 0.467. The van der Waals surface area contributed by atoms with Gasteiger partial charge in [0.1, 0.15) is 0 Å². The molecular weight excluding hydrogens is 242 g/mol. The van der Waals surface area contributed by atoms with E-state index in [0.717, 1.165) is 5.56 Å². The van der Waals surface area contributed by atoms with Gasteiger partial charge >= 0.3 is 5.97 Å². The highest BCUT2D eigenvalue weighted by atomic mass is 16.5. The van der Waals surface area contributed by atoms with Crippen molar-refractivity contribution in [1.29, 1.82) is 5.41 Å². The summed E-state index contributed by atoms with van der Waals surface area (Å²) in [5.41, 5.74) is 0.353. The second kappa shape index (κ2) is 6.48. The summed E-state index contributed by atoms with van der Waals surface area (Å²) in [6, 6.07) is 9.62. The number of hydrogen-bond acceptors (Lipinski definition) is 4. The average Bonchev–Trinajstić information content (AvgIpc) is 2.38. The highest BCUT2D eigenvalue weighted by Gasteiger charge is 2.40. The number of aliphatic hydroxyl groups excluding tert-OH is 1. The van der Waals surface area contributed by atoms with Crippen molar-refractivity contribution in [3.05, 3.63) is 35.9 Å². The van der Waals surface area contributed by atoms with Crippen LogP contribution < -0.4 is 0 Å². The summed E-state index contributed by atoms with van der Waals surface area (Å²) in [4.78, 5) is 11.8. The quantitative estimate of drug-likeness (QED) is 0.610. The summed E-state index contributed by atoms with van der Waals surface area (Å²) >= 11 is 0. The first-order valence-corrected chi connectivity index (χ1v) is 6.27. The lowest BCUT2D eigenvalue weighted by molar-refractivity contribution is -0.157. The molecule has 0 fully saturated rings. The van der Waals surface area contributed by atoms with Gasteiger partial charge in [-0.05, 0) is 19.4 Å². The zero-order valence-electron chi connectivity index (χ0n) is 11.6. The Morgan fingerprint density at radius 1 is 1.42 bits per heavy atom. The molecule has 0 aliphatic carbocycles.